The lowest BCUT2D eigenvalue weighted by molar-refractivity contribution is 0.171. The second-order valence-corrected chi connectivity index (χ2v) is 6.34. The zero-order chi connectivity index (χ0) is 17.2. The molecule has 3 aromatic rings. The van der Waals surface area contributed by atoms with Crippen LogP contribution in [-0.2, 0) is 6.54 Å². The average Bonchev–Trinajstić information content (AvgIpc) is 3.23. The summed E-state index contributed by atoms with van der Waals surface area (Å²) < 4.78 is 15.2. The van der Waals surface area contributed by atoms with Gasteiger partial charge in [-0.25, -0.2) is 4.39 Å². The Balaban J connectivity index is 1.59. The molecule has 0 unspecified atom stereocenters. The zero-order valence-corrected chi connectivity index (χ0v) is 13.7. The number of hydrogen-bond donors (Lipinski definition) is 1. The van der Waals surface area contributed by atoms with Crippen molar-refractivity contribution in [3.8, 4) is 5.69 Å². The van der Waals surface area contributed by atoms with Gasteiger partial charge < -0.3 is 5.11 Å². The SMILES string of the molecule is O[C@@H]1C[C@H](c2ccc(F)cc2)N(Cc2nncn2-c2ccccc2)C1. The van der Waals surface area contributed by atoms with Crippen LogP contribution in [0.4, 0.5) is 4.39 Å². The number of aliphatic hydroxyl groups excluding tert-OH is 1. The molecule has 0 radical (unpaired) electrons. The number of β-amino-alcohol motifs (C(OH)–C–C–N with tert-alkyl or cyclic N) is 1. The van der Waals surface area contributed by atoms with Gasteiger partial charge in [0, 0.05) is 18.3 Å². The minimum absolute atomic E-state index is 0.0384. The standard InChI is InChI=1S/C19H19FN4O/c20-15-8-6-14(7-9-15)18-10-17(25)11-23(18)12-19-22-21-13-24(19)16-4-2-1-3-5-16/h1-9,13,17-18,25H,10-12H2/t17-,18-/m1/s1. The maximum Gasteiger partial charge on any atom is 0.151 e. The molecular formula is C19H19FN4O. The Kier molecular flexibility index (Phi) is 4.29. The Bertz CT molecular complexity index is 834. The van der Waals surface area contributed by atoms with Crippen LogP contribution < -0.4 is 0 Å². The molecule has 0 amide bonds. The van der Waals surface area contributed by atoms with E-state index < -0.39 is 6.10 Å². The van der Waals surface area contributed by atoms with Crippen LogP contribution in [0.1, 0.15) is 23.9 Å². The smallest absolute Gasteiger partial charge is 0.151 e. The van der Waals surface area contributed by atoms with Crippen LogP contribution in [-0.4, -0.2) is 37.4 Å². The van der Waals surface area contributed by atoms with E-state index in [4.69, 9.17) is 0 Å². The number of hydrogen-bond acceptors (Lipinski definition) is 4. The van der Waals surface area contributed by atoms with Crippen LogP contribution in [0.2, 0.25) is 0 Å². The molecule has 128 valence electrons. The number of benzene rings is 2. The summed E-state index contributed by atoms with van der Waals surface area (Å²) in [6.07, 6.45) is 1.93. The Morgan fingerprint density at radius 3 is 2.60 bits per heavy atom. The normalized spacial score (nSPS) is 20.9. The van der Waals surface area contributed by atoms with E-state index in [1.165, 1.54) is 12.1 Å². The molecule has 0 bridgehead atoms. The molecule has 4 rings (SSSR count). The molecule has 1 fully saturated rings. The van der Waals surface area contributed by atoms with Crippen LogP contribution in [0.3, 0.4) is 0 Å². The van der Waals surface area contributed by atoms with Gasteiger partial charge in [0.2, 0.25) is 0 Å². The van der Waals surface area contributed by atoms with E-state index in [0.29, 0.717) is 19.5 Å². The molecule has 0 spiro atoms. The molecule has 25 heavy (non-hydrogen) atoms. The molecule has 6 heteroatoms. The molecule has 1 N–H and O–H groups in total. The van der Waals surface area contributed by atoms with Crippen molar-refractivity contribution in [2.75, 3.05) is 6.54 Å². The summed E-state index contributed by atoms with van der Waals surface area (Å²) in [5.41, 5.74) is 2.00. The summed E-state index contributed by atoms with van der Waals surface area (Å²) in [5.74, 6) is 0.560. The molecule has 2 aromatic carbocycles. The van der Waals surface area contributed by atoms with Crippen LogP contribution in [0.25, 0.3) is 5.69 Å². The fourth-order valence-corrected chi connectivity index (χ4v) is 3.44. The number of para-hydroxylation sites is 1. The third-order valence-electron chi connectivity index (χ3n) is 4.63. The van der Waals surface area contributed by atoms with Gasteiger partial charge in [-0.15, -0.1) is 10.2 Å². The van der Waals surface area contributed by atoms with E-state index in [2.05, 4.69) is 15.1 Å². The number of rotatable bonds is 4. The summed E-state index contributed by atoms with van der Waals surface area (Å²) in [4.78, 5) is 2.17. The number of aromatic nitrogens is 3. The highest BCUT2D eigenvalue weighted by molar-refractivity contribution is 5.32. The summed E-state index contributed by atoms with van der Waals surface area (Å²) in [7, 11) is 0. The Hall–Kier alpha value is -2.57. The van der Waals surface area contributed by atoms with Gasteiger partial charge in [-0.2, -0.15) is 0 Å². The van der Waals surface area contributed by atoms with Crippen molar-refractivity contribution in [1.82, 2.24) is 19.7 Å². The van der Waals surface area contributed by atoms with Crippen molar-refractivity contribution >= 4 is 0 Å². The quantitative estimate of drug-likeness (QED) is 0.795. The zero-order valence-electron chi connectivity index (χ0n) is 13.7. The van der Waals surface area contributed by atoms with Gasteiger partial charge in [0.15, 0.2) is 5.82 Å². The van der Waals surface area contributed by atoms with Crippen LogP contribution >= 0.6 is 0 Å². The third kappa shape index (κ3) is 3.31. The van der Waals surface area contributed by atoms with E-state index >= 15 is 0 Å². The molecule has 0 saturated carbocycles. The van der Waals surface area contributed by atoms with Gasteiger partial charge in [-0.05, 0) is 36.2 Å². The van der Waals surface area contributed by atoms with Crippen molar-refractivity contribution < 1.29 is 9.50 Å². The van der Waals surface area contributed by atoms with Gasteiger partial charge in [-0.1, -0.05) is 30.3 Å². The van der Waals surface area contributed by atoms with E-state index in [0.717, 1.165) is 17.1 Å². The lowest BCUT2D eigenvalue weighted by Gasteiger charge is -2.24. The number of halogens is 1. The molecule has 5 nitrogen and oxygen atoms in total. The first-order valence-corrected chi connectivity index (χ1v) is 8.32. The van der Waals surface area contributed by atoms with Crippen LogP contribution in [0, 0.1) is 5.82 Å². The first-order valence-electron chi connectivity index (χ1n) is 8.32. The van der Waals surface area contributed by atoms with E-state index in [1.54, 1.807) is 18.5 Å². The van der Waals surface area contributed by atoms with Gasteiger partial charge in [-0.3, -0.25) is 9.47 Å². The van der Waals surface area contributed by atoms with Crippen LogP contribution in [0.15, 0.2) is 60.9 Å². The lowest BCUT2D eigenvalue weighted by Crippen LogP contribution is -2.26. The fraction of sp³-hybridized carbons (Fsp3) is 0.263. The predicted molar refractivity (Wildman–Crippen MR) is 91.5 cm³/mol. The molecular weight excluding hydrogens is 319 g/mol. The first-order chi connectivity index (χ1) is 12.2. The molecule has 1 aliphatic heterocycles. The third-order valence-corrected chi connectivity index (χ3v) is 4.63. The van der Waals surface area contributed by atoms with Crippen molar-refractivity contribution in [1.29, 1.82) is 0 Å². The fourth-order valence-electron chi connectivity index (χ4n) is 3.44. The average molecular weight is 338 g/mol. The summed E-state index contributed by atoms with van der Waals surface area (Å²) in [6.45, 7) is 1.12. The largest absolute Gasteiger partial charge is 0.392 e. The van der Waals surface area contributed by atoms with Gasteiger partial charge in [0.05, 0.1) is 12.6 Å². The van der Waals surface area contributed by atoms with E-state index in [-0.39, 0.29) is 11.9 Å². The first kappa shape index (κ1) is 15.9. The molecule has 1 aromatic heterocycles. The maximum atomic E-state index is 13.2. The number of nitrogens with zero attached hydrogens (tertiary/aromatic N) is 4. The highest BCUT2D eigenvalue weighted by Crippen LogP contribution is 2.33. The molecule has 2 heterocycles. The van der Waals surface area contributed by atoms with Gasteiger partial charge in [0.25, 0.3) is 0 Å². The lowest BCUT2D eigenvalue weighted by atomic mass is 10.0. The molecule has 0 aliphatic carbocycles. The highest BCUT2D eigenvalue weighted by Gasteiger charge is 2.33. The second-order valence-electron chi connectivity index (χ2n) is 6.34. The summed E-state index contributed by atoms with van der Waals surface area (Å²) >= 11 is 0. The van der Waals surface area contributed by atoms with Crippen LogP contribution in [0.5, 0.6) is 0 Å². The Morgan fingerprint density at radius 1 is 1.08 bits per heavy atom. The maximum absolute atomic E-state index is 13.2. The van der Waals surface area contributed by atoms with Crippen molar-refractivity contribution in [2.45, 2.75) is 25.1 Å². The Morgan fingerprint density at radius 2 is 1.84 bits per heavy atom. The van der Waals surface area contributed by atoms with E-state index in [9.17, 15) is 9.50 Å². The minimum Gasteiger partial charge on any atom is -0.392 e. The minimum atomic E-state index is -0.400. The predicted octanol–water partition coefficient (Wildman–Crippen LogP) is 2.71. The highest BCUT2D eigenvalue weighted by atomic mass is 19.1. The summed E-state index contributed by atoms with van der Waals surface area (Å²) in [5, 5.41) is 18.4. The van der Waals surface area contributed by atoms with Crippen molar-refractivity contribution in [3.63, 3.8) is 0 Å². The number of aliphatic hydroxyl groups is 1. The summed E-state index contributed by atoms with van der Waals surface area (Å²) in [6, 6.07) is 16.5. The van der Waals surface area contributed by atoms with Crippen molar-refractivity contribution in [3.05, 3.63) is 78.1 Å². The topological polar surface area (TPSA) is 54.2 Å². The molecule has 2 atom stereocenters. The van der Waals surface area contributed by atoms with E-state index in [1.807, 2.05) is 34.9 Å². The Labute approximate surface area is 145 Å². The van der Waals surface area contributed by atoms with Crippen molar-refractivity contribution in [2.24, 2.45) is 0 Å². The second kappa shape index (κ2) is 6.74. The monoisotopic (exact) mass is 338 g/mol. The number of likely N-dealkylation sites (tertiary alicyclic amines) is 1. The van der Waals surface area contributed by atoms with Gasteiger partial charge in [0.1, 0.15) is 12.1 Å². The molecule has 1 saturated heterocycles. The van der Waals surface area contributed by atoms with Gasteiger partial charge >= 0.3 is 0 Å². The molecule has 1 aliphatic rings.